The molecule has 0 unspecified atom stereocenters. The molecule has 5 heteroatoms. The zero-order valence-electron chi connectivity index (χ0n) is 7.67. The maximum atomic E-state index is 10.7. The largest absolute Gasteiger partial charge is 0.488 e. The van der Waals surface area contributed by atoms with Crippen molar-refractivity contribution in [1.29, 1.82) is 0 Å². The summed E-state index contributed by atoms with van der Waals surface area (Å²) in [6.07, 6.45) is 0. The molecule has 0 atom stereocenters. The molecule has 0 aliphatic carbocycles. The number of carboxylic acid groups (broad SMARTS) is 1. The number of rotatable bonds is 4. The molecule has 0 radical (unpaired) electrons. The molecule has 0 aliphatic heterocycles. The molecular weight excluding hydrogens is 283 g/mol. The van der Waals surface area contributed by atoms with Gasteiger partial charge in [-0.25, -0.2) is 4.79 Å². The van der Waals surface area contributed by atoms with E-state index in [-0.39, 0.29) is 17.2 Å². The Labute approximate surface area is 100 Å². The van der Waals surface area contributed by atoms with Gasteiger partial charge in [-0.1, -0.05) is 34.1 Å². The zero-order valence-corrected chi connectivity index (χ0v) is 10.0. The summed E-state index contributed by atoms with van der Waals surface area (Å²) in [5.74, 6) is -0.638. The first-order valence-electron chi connectivity index (χ1n) is 3.99. The summed E-state index contributed by atoms with van der Waals surface area (Å²) >= 11 is 8.82. The van der Waals surface area contributed by atoms with Gasteiger partial charge in [-0.15, -0.1) is 0 Å². The van der Waals surface area contributed by atoms with Gasteiger partial charge in [-0.3, -0.25) is 0 Å². The highest BCUT2D eigenvalue weighted by Crippen LogP contribution is 2.22. The summed E-state index contributed by atoms with van der Waals surface area (Å²) in [7, 11) is 0. The Bertz CT molecular complexity index is 404. The minimum Gasteiger partial charge on any atom is -0.488 e. The van der Waals surface area contributed by atoms with Crippen molar-refractivity contribution in [3.8, 4) is 5.75 Å². The number of carboxylic acids is 1. The first-order valence-corrected chi connectivity index (χ1v) is 5.16. The molecular formula is C10H8BrClO3. The van der Waals surface area contributed by atoms with Gasteiger partial charge in [0.05, 0.1) is 10.6 Å². The Kier molecular flexibility index (Phi) is 4.17. The molecule has 0 fully saturated rings. The fraction of sp³-hybridized carbons (Fsp3) is 0.100. The second-order valence-electron chi connectivity index (χ2n) is 2.75. The third-order valence-corrected chi connectivity index (χ3v) is 2.12. The lowest BCUT2D eigenvalue weighted by atomic mass is 10.2. The summed E-state index contributed by atoms with van der Waals surface area (Å²) in [5.41, 5.74) is 0.0225. The summed E-state index contributed by atoms with van der Waals surface area (Å²) in [4.78, 5) is 10.7. The van der Waals surface area contributed by atoms with Crippen molar-refractivity contribution in [2.24, 2.45) is 0 Å². The molecule has 80 valence electrons. The summed E-state index contributed by atoms with van der Waals surface area (Å²) in [6.45, 7) is 3.87. The number of hydrogen-bond donors (Lipinski definition) is 1. The first kappa shape index (κ1) is 12.1. The third kappa shape index (κ3) is 3.57. The van der Waals surface area contributed by atoms with Crippen LogP contribution in [0.25, 0.3) is 0 Å². The normalized spacial score (nSPS) is 9.73. The molecule has 1 N–H and O–H groups in total. The lowest BCUT2D eigenvalue weighted by molar-refractivity contribution is 0.0696. The number of hydrogen-bond acceptors (Lipinski definition) is 2. The highest BCUT2D eigenvalue weighted by molar-refractivity contribution is 9.11. The van der Waals surface area contributed by atoms with E-state index in [9.17, 15) is 4.79 Å². The molecule has 3 nitrogen and oxygen atoms in total. The van der Waals surface area contributed by atoms with E-state index in [1.165, 1.54) is 12.1 Å². The predicted octanol–water partition coefficient (Wildman–Crippen LogP) is 3.33. The molecule has 0 amide bonds. The highest BCUT2D eigenvalue weighted by atomic mass is 79.9. The van der Waals surface area contributed by atoms with E-state index in [1.807, 2.05) is 0 Å². The van der Waals surface area contributed by atoms with Crippen molar-refractivity contribution >= 4 is 33.5 Å². The van der Waals surface area contributed by atoms with Gasteiger partial charge < -0.3 is 9.84 Å². The van der Waals surface area contributed by atoms with Crippen LogP contribution < -0.4 is 4.74 Å². The average Bonchev–Trinajstić information content (AvgIpc) is 2.16. The standard InChI is InChI=1S/C10H8BrClO3/c1-6(11)5-15-7-2-3-9(12)8(4-7)10(13)14/h2-4H,1,5H2,(H,13,14). The van der Waals surface area contributed by atoms with E-state index >= 15 is 0 Å². The smallest absolute Gasteiger partial charge is 0.337 e. The average molecular weight is 292 g/mol. The van der Waals surface area contributed by atoms with E-state index in [0.717, 1.165) is 0 Å². The third-order valence-electron chi connectivity index (χ3n) is 1.56. The number of carbonyl (C=O) groups is 1. The van der Waals surface area contributed by atoms with Gasteiger partial charge in [-0.2, -0.15) is 0 Å². The van der Waals surface area contributed by atoms with Crippen LogP contribution >= 0.6 is 27.5 Å². The van der Waals surface area contributed by atoms with Crippen LogP contribution in [0.15, 0.2) is 29.3 Å². The van der Waals surface area contributed by atoms with Crippen LogP contribution in [-0.2, 0) is 0 Å². The Morgan fingerprint density at radius 2 is 2.27 bits per heavy atom. The predicted molar refractivity (Wildman–Crippen MR) is 62.0 cm³/mol. The van der Waals surface area contributed by atoms with E-state index in [4.69, 9.17) is 21.4 Å². The van der Waals surface area contributed by atoms with Crippen molar-refractivity contribution in [3.63, 3.8) is 0 Å². The molecule has 0 saturated heterocycles. The van der Waals surface area contributed by atoms with Crippen LogP contribution in [0, 0.1) is 0 Å². The van der Waals surface area contributed by atoms with E-state index in [0.29, 0.717) is 10.2 Å². The number of ether oxygens (including phenoxy) is 1. The molecule has 1 aromatic rings. The maximum Gasteiger partial charge on any atom is 0.337 e. The quantitative estimate of drug-likeness (QED) is 0.925. The van der Waals surface area contributed by atoms with Crippen molar-refractivity contribution in [1.82, 2.24) is 0 Å². The van der Waals surface area contributed by atoms with Crippen LogP contribution in [0.4, 0.5) is 0 Å². The minimum atomic E-state index is -1.08. The summed E-state index contributed by atoms with van der Waals surface area (Å²) in [6, 6.07) is 4.46. The molecule has 1 rings (SSSR count). The van der Waals surface area contributed by atoms with Gasteiger partial charge >= 0.3 is 5.97 Å². The van der Waals surface area contributed by atoms with Crippen LogP contribution in [0.1, 0.15) is 10.4 Å². The van der Waals surface area contributed by atoms with Crippen LogP contribution in [0.3, 0.4) is 0 Å². The van der Waals surface area contributed by atoms with E-state index in [1.54, 1.807) is 6.07 Å². The minimum absolute atomic E-state index is 0.0225. The lowest BCUT2D eigenvalue weighted by Crippen LogP contribution is -2.00. The van der Waals surface area contributed by atoms with Crippen molar-refractivity contribution in [2.45, 2.75) is 0 Å². The Balaban J connectivity index is 2.87. The molecule has 0 spiro atoms. The Hall–Kier alpha value is -1.00. The molecule has 0 aliphatic rings. The van der Waals surface area contributed by atoms with E-state index < -0.39 is 5.97 Å². The summed E-state index contributed by atoms with van der Waals surface area (Å²) in [5, 5.41) is 8.99. The van der Waals surface area contributed by atoms with Crippen LogP contribution in [-0.4, -0.2) is 17.7 Å². The van der Waals surface area contributed by atoms with Gasteiger partial charge in [0.2, 0.25) is 0 Å². The zero-order chi connectivity index (χ0) is 11.4. The number of halogens is 2. The Morgan fingerprint density at radius 1 is 1.60 bits per heavy atom. The molecule has 0 aromatic heterocycles. The molecule has 1 aromatic carbocycles. The fourth-order valence-electron chi connectivity index (χ4n) is 0.920. The SMILES string of the molecule is C=C(Br)COc1ccc(Cl)c(C(=O)O)c1. The topological polar surface area (TPSA) is 46.5 Å². The van der Waals surface area contributed by atoms with Crippen LogP contribution in [0.5, 0.6) is 5.75 Å². The van der Waals surface area contributed by atoms with Gasteiger partial charge in [0.15, 0.2) is 0 Å². The van der Waals surface area contributed by atoms with Gasteiger partial charge in [0, 0.05) is 4.48 Å². The summed E-state index contributed by atoms with van der Waals surface area (Å²) < 4.78 is 5.92. The second kappa shape index (κ2) is 5.19. The number of benzene rings is 1. The lowest BCUT2D eigenvalue weighted by Gasteiger charge is -2.06. The van der Waals surface area contributed by atoms with Gasteiger partial charge in [0.25, 0.3) is 0 Å². The maximum absolute atomic E-state index is 10.7. The first-order chi connectivity index (χ1) is 7.00. The monoisotopic (exact) mass is 290 g/mol. The Morgan fingerprint density at radius 3 is 2.80 bits per heavy atom. The van der Waals surface area contributed by atoms with Crippen molar-refractivity contribution < 1.29 is 14.6 Å². The van der Waals surface area contributed by atoms with Gasteiger partial charge in [0.1, 0.15) is 12.4 Å². The van der Waals surface area contributed by atoms with Crippen molar-refractivity contribution in [3.05, 3.63) is 39.8 Å². The second-order valence-corrected chi connectivity index (χ2v) is 4.28. The van der Waals surface area contributed by atoms with Crippen molar-refractivity contribution in [2.75, 3.05) is 6.61 Å². The fourth-order valence-corrected chi connectivity index (χ4v) is 1.23. The highest BCUT2D eigenvalue weighted by Gasteiger charge is 2.09. The molecule has 0 heterocycles. The molecule has 15 heavy (non-hydrogen) atoms. The molecule has 0 bridgehead atoms. The van der Waals surface area contributed by atoms with Crippen LogP contribution in [0.2, 0.25) is 5.02 Å². The number of aromatic carboxylic acids is 1. The van der Waals surface area contributed by atoms with E-state index in [2.05, 4.69) is 22.5 Å². The molecule has 0 saturated carbocycles. The van der Waals surface area contributed by atoms with Gasteiger partial charge in [-0.05, 0) is 18.2 Å².